The summed E-state index contributed by atoms with van der Waals surface area (Å²) in [6.45, 7) is 5.96. The van der Waals surface area contributed by atoms with Gasteiger partial charge in [0.15, 0.2) is 11.6 Å². The SMILES string of the molecule is COc1c(OC2CCN(OC(=O)O)CC2)ccnc1Nc1ccc(CCOP(=O)(O)OC(C)C)nc1C. The Kier molecular flexibility index (Phi) is 10.1. The minimum absolute atomic E-state index is 0.0180. The minimum atomic E-state index is -4.10. The lowest BCUT2D eigenvalue weighted by Gasteiger charge is -2.30. The van der Waals surface area contributed by atoms with Gasteiger partial charge < -0.3 is 29.6 Å². The summed E-state index contributed by atoms with van der Waals surface area (Å²) in [5.41, 5.74) is 2.06. The van der Waals surface area contributed by atoms with Crippen molar-refractivity contribution in [2.75, 3.05) is 32.1 Å². The monoisotopic (exact) mass is 540 g/mol. The quantitative estimate of drug-likeness (QED) is 0.331. The lowest BCUT2D eigenvalue weighted by atomic mass is 10.1. The number of hydroxylamine groups is 2. The van der Waals surface area contributed by atoms with Crippen LogP contribution in [0.1, 0.15) is 38.1 Å². The van der Waals surface area contributed by atoms with Gasteiger partial charge in [0.05, 0.1) is 31.2 Å². The van der Waals surface area contributed by atoms with Crippen molar-refractivity contribution in [3.63, 3.8) is 0 Å². The molecule has 0 spiro atoms. The number of ether oxygens (including phenoxy) is 2. The third kappa shape index (κ3) is 8.83. The number of hydrogen-bond acceptors (Lipinski definition) is 11. The van der Waals surface area contributed by atoms with E-state index in [0.717, 1.165) is 0 Å². The van der Waals surface area contributed by atoms with Gasteiger partial charge in [-0.15, -0.1) is 5.06 Å². The van der Waals surface area contributed by atoms with Crippen LogP contribution in [0, 0.1) is 6.92 Å². The first-order valence-corrected chi connectivity index (χ1v) is 13.3. The molecule has 14 heteroatoms. The van der Waals surface area contributed by atoms with E-state index in [2.05, 4.69) is 15.3 Å². The highest BCUT2D eigenvalue weighted by molar-refractivity contribution is 7.47. The molecule has 3 N–H and O–H groups in total. The van der Waals surface area contributed by atoms with E-state index in [1.807, 2.05) is 13.0 Å². The second kappa shape index (κ2) is 13.0. The second-order valence-electron chi connectivity index (χ2n) is 8.56. The van der Waals surface area contributed by atoms with Crippen molar-refractivity contribution >= 4 is 25.5 Å². The number of anilines is 2. The highest BCUT2D eigenvalue weighted by Gasteiger charge is 2.25. The molecule has 0 amide bonds. The fraction of sp³-hybridized carbons (Fsp3) is 0.522. The standard InChI is InChI=1S/C23H33N4O9P/c1-15(2)36-37(30,31)33-14-10-17-5-6-19(16(3)25-17)26-22-21(32-4)20(7-11-24-22)34-18-8-12-27(13-9-18)35-23(28)29/h5-7,11,15,18H,8-10,12-14H2,1-4H3,(H,24,26)(H,28,29)(H,30,31). The maximum absolute atomic E-state index is 11.8. The van der Waals surface area contributed by atoms with Crippen LogP contribution in [-0.4, -0.2) is 70.2 Å². The summed E-state index contributed by atoms with van der Waals surface area (Å²) in [5.74, 6) is 1.38. The zero-order chi connectivity index (χ0) is 27.0. The van der Waals surface area contributed by atoms with Crippen molar-refractivity contribution in [1.29, 1.82) is 0 Å². The number of phosphoric ester groups is 1. The molecule has 0 aliphatic carbocycles. The minimum Gasteiger partial charge on any atom is -0.490 e. The fourth-order valence-corrected chi connectivity index (χ4v) is 4.63. The molecule has 1 saturated heterocycles. The predicted molar refractivity (Wildman–Crippen MR) is 133 cm³/mol. The lowest BCUT2D eigenvalue weighted by molar-refractivity contribution is -0.140. The van der Waals surface area contributed by atoms with E-state index in [0.29, 0.717) is 66.7 Å². The Morgan fingerprint density at radius 1 is 1.27 bits per heavy atom. The zero-order valence-corrected chi connectivity index (χ0v) is 22.1. The Bertz CT molecular complexity index is 1110. The number of pyridine rings is 2. The van der Waals surface area contributed by atoms with E-state index in [9.17, 15) is 14.3 Å². The molecule has 3 heterocycles. The van der Waals surface area contributed by atoms with Gasteiger partial charge in [0, 0.05) is 50.3 Å². The molecular formula is C23H33N4O9P. The first-order chi connectivity index (χ1) is 17.6. The first-order valence-electron chi connectivity index (χ1n) is 11.8. The Morgan fingerprint density at radius 2 is 2.00 bits per heavy atom. The average Bonchev–Trinajstić information content (AvgIpc) is 2.81. The van der Waals surface area contributed by atoms with Crippen LogP contribution in [-0.2, 0) is 24.9 Å². The molecule has 0 radical (unpaired) electrons. The normalized spacial score (nSPS) is 16.3. The summed E-state index contributed by atoms with van der Waals surface area (Å²) in [6.07, 6.45) is 1.21. The van der Waals surface area contributed by atoms with Gasteiger partial charge in [-0.2, -0.15) is 0 Å². The van der Waals surface area contributed by atoms with Crippen molar-refractivity contribution in [1.82, 2.24) is 15.0 Å². The number of carboxylic acid groups (broad SMARTS) is 1. The van der Waals surface area contributed by atoms with E-state index >= 15 is 0 Å². The summed E-state index contributed by atoms with van der Waals surface area (Å²) in [6, 6.07) is 5.32. The van der Waals surface area contributed by atoms with Crippen LogP contribution in [0.25, 0.3) is 0 Å². The Balaban J connectivity index is 1.61. The average molecular weight is 541 g/mol. The first kappa shape index (κ1) is 28.6. The molecule has 1 fully saturated rings. The molecule has 1 atom stereocenters. The van der Waals surface area contributed by atoms with Gasteiger partial charge in [-0.25, -0.2) is 14.3 Å². The predicted octanol–water partition coefficient (Wildman–Crippen LogP) is 4.07. The molecule has 1 aliphatic rings. The maximum atomic E-state index is 11.8. The Hall–Kier alpha value is -2.96. The number of hydrogen-bond donors (Lipinski definition) is 3. The van der Waals surface area contributed by atoms with Gasteiger partial charge in [0.1, 0.15) is 6.10 Å². The molecule has 37 heavy (non-hydrogen) atoms. The Labute approximate surface area is 215 Å². The molecule has 0 aromatic carbocycles. The Morgan fingerprint density at radius 3 is 2.62 bits per heavy atom. The van der Waals surface area contributed by atoms with Gasteiger partial charge >= 0.3 is 14.0 Å². The molecule has 3 rings (SSSR count). The van der Waals surface area contributed by atoms with Gasteiger partial charge in [-0.1, -0.05) is 0 Å². The highest BCUT2D eigenvalue weighted by atomic mass is 31.2. The summed E-state index contributed by atoms with van der Waals surface area (Å²) in [4.78, 5) is 34.0. The maximum Gasteiger partial charge on any atom is 0.525 e. The zero-order valence-electron chi connectivity index (χ0n) is 21.2. The molecule has 1 unspecified atom stereocenters. The van der Waals surface area contributed by atoms with Gasteiger partial charge in [-0.05, 0) is 32.9 Å². The molecule has 0 saturated carbocycles. The molecule has 13 nitrogen and oxygen atoms in total. The van der Waals surface area contributed by atoms with Crippen molar-refractivity contribution in [3.05, 3.63) is 35.8 Å². The summed E-state index contributed by atoms with van der Waals surface area (Å²) < 4.78 is 33.4. The fourth-order valence-electron chi connectivity index (χ4n) is 3.72. The number of phosphoric acid groups is 1. The van der Waals surface area contributed by atoms with Gasteiger partial charge in [0.2, 0.25) is 5.75 Å². The van der Waals surface area contributed by atoms with Crippen molar-refractivity contribution < 1.29 is 42.7 Å². The van der Waals surface area contributed by atoms with E-state index in [1.165, 1.54) is 12.2 Å². The smallest absolute Gasteiger partial charge is 0.490 e. The number of rotatable bonds is 12. The molecule has 204 valence electrons. The van der Waals surface area contributed by atoms with E-state index in [4.69, 9.17) is 28.5 Å². The highest BCUT2D eigenvalue weighted by Crippen LogP contribution is 2.44. The van der Waals surface area contributed by atoms with Crippen LogP contribution < -0.4 is 14.8 Å². The topological polar surface area (TPSA) is 162 Å². The summed E-state index contributed by atoms with van der Waals surface area (Å²) in [5, 5.41) is 13.4. The van der Waals surface area contributed by atoms with Crippen molar-refractivity contribution in [2.24, 2.45) is 0 Å². The summed E-state index contributed by atoms with van der Waals surface area (Å²) in [7, 11) is -2.57. The molecule has 2 aromatic rings. The molecule has 2 aromatic heterocycles. The number of aryl methyl sites for hydroxylation is 1. The third-order valence-corrected chi connectivity index (χ3v) is 6.52. The number of aromatic nitrogens is 2. The van der Waals surface area contributed by atoms with Crippen LogP contribution in [0.15, 0.2) is 24.4 Å². The number of methoxy groups -OCH3 is 1. The number of piperidine rings is 1. The molecule has 0 bridgehead atoms. The van der Waals surface area contributed by atoms with Crippen LogP contribution in [0.3, 0.4) is 0 Å². The van der Waals surface area contributed by atoms with Crippen LogP contribution in [0.5, 0.6) is 11.5 Å². The van der Waals surface area contributed by atoms with Gasteiger partial charge in [-0.3, -0.25) is 14.0 Å². The lowest BCUT2D eigenvalue weighted by Crippen LogP contribution is -2.39. The van der Waals surface area contributed by atoms with E-state index in [-0.39, 0.29) is 12.7 Å². The largest absolute Gasteiger partial charge is 0.525 e. The molecule has 1 aliphatic heterocycles. The summed E-state index contributed by atoms with van der Waals surface area (Å²) >= 11 is 0. The number of nitrogens with zero attached hydrogens (tertiary/aromatic N) is 3. The van der Waals surface area contributed by atoms with E-state index in [1.54, 1.807) is 32.2 Å². The van der Waals surface area contributed by atoms with E-state index < -0.39 is 20.1 Å². The third-order valence-electron chi connectivity index (χ3n) is 5.33. The molecular weight excluding hydrogens is 507 g/mol. The van der Waals surface area contributed by atoms with Crippen LogP contribution in [0.4, 0.5) is 16.3 Å². The number of nitrogens with one attached hydrogen (secondary N) is 1. The van der Waals surface area contributed by atoms with Crippen molar-refractivity contribution in [2.45, 2.75) is 52.2 Å². The number of carbonyl (C=O) groups is 1. The van der Waals surface area contributed by atoms with Gasteiger partial charge in [0.25, 0.3) is 0 Å². The van der Waals surface area contributed by atoms with Crippen LogP contribution >= 0.6 is 7.82 Å². The van der Waals surface area contributed by atoms with Crippen LogP contribution in [0.2, 0.25) is 0 Å². The second-order valence-corrected chi connectivity index (χ2v) is 9.97. The van der Waals surface area contributed by atoms with Crippen molar-refractivity contribution in [3.8, 4) is 11.5 Å².